The van der Waals surface area contributed by atoms with Crippen molar-refractivity contribution in [2.45, 2.75) is 38.1 Å². The summed E-state index contributed by atoms with van der Waals surface area (Å²) in [4.78, 5) is 0. The summed E-state index contributed by atoms with van der Waals surface area (Å²) in [7, 11) is -3.46. The molecular weight excluding hydrogens is 374 g/mol. The molecule has 2 aromatic rings. The van der Waals surface area contributed by atoms with Gasteiger partial charge in [0.25, 0.3) is 10.0 Å². The summed E-state index contributed by atoms with van der Waals surface area (Å²) >= 11 is 4.54. The number of sulfonamides is 1. The van der Waals surface area contributed by atoms with Crippen LogP contribution in [0.4, 0.5) is 0 Å². The highest BCUT2D eigenvalue weighted by Crippen LogP contribution is 2.29. The number of hydrogen-bond acceptors (Lipinski definition) is 4. The van der Waals surface area contributed by atoms with E-state index in [2.05, 4.69) is 21.0 Å². The number of nitrogens with zero attached hydrogens (tertiary/aromatic N) is 3. The van der Waals surface area contributed by atoms with Crippen molar-refractivity contribution in [2.75, 3.05) is 6.54 Å². The minimum atomic E-state index is -3.46. The molecule has 2 aromatic heterocycles. The maximum atomic E-state index is 12.7. The second-order valence-electron chi connectivity index (χ2n) is 4.59. The molecule has 0 aliphatic carbocycles. The van der Waals surface area contributed by atoms with Gasteiger partial charge in [-0.25, -0.2) is 8.42 Å². The van der Waals surface area contributed by atoms with Crippen LogP contribution in [-0.4, -0.2) is 29.0 Å². The second-order valence-corrected chi connectivity index (χ2v) is 9.21. The fraction of sp³-hybridized carbons (Fsp3) is 0.462. The molecule has 0 atom stereocenters. The van der Waals surface area contributed by atoms with E-state index in [0.29, 0.717) is 17.3 Å². The molecule has 0 N–H and O–H groups in total. The Morgan fingerprint density at radius 2 is 2.10 bits per heavy atom. The van der Waals surface area contributed by atoms with E-state index in [4.69, 9.17) is 0 Å². The fourth-order valence-corrected chi connectivity index (χ4v) is 5.59. The minimum absolute atomic E-state index is 0.347. The quantitative estimate of drug-likeness (QED) is 0.759. The van der Waals surface area contributed by atoms with Crippen molar-refractivity contribution in [3.63, 3.8) is 0 Å². The molecule has 0 aromatic carbocycles. The van der Waals surface area contributed by atoms with Gasteiger partial charge in [0.15, 0.2) is 0 Å². The zero-order chi connectivity index (χ0) is 15.6. The lowest BCUT2D eigenvalue weighted by Gasteiger charge is -2.19. The molecule has 0 amide bonds. The molecule has 0 bridgehead atoms. The van der Waals surface area contributed by atoms with Crippen LogP contribution < -0.4 is 0 Å². The lowest BCUT2D eigenvalue weighted by Crippen LogP contribution is -2.30. The largest absolute Gasteiger partial charge is 0.272 e. The first-order valence-electron chi connectivity index (χ1n) is 6.66. The summed E-state index contributed by atoms with van der Waals surface area (Å²) in [6.07, 6.45) is 1.91. The van der Waals surface area contributed by atoms with Crippen molar-refractivity contribution >= 4 is 37.3 Å². The number of hydrogen-bond donors (Lipinski definition) is 0. The molecule has 0 saturated heterocycles. The van der Waals surface area contributed by atoms with Crippen molar-refractivity contribution in [1.82, 2.24) is 14.1 Å². The summed E-state index contributed by atoms with van der Waals surface area (Å²) < 4.78 is 29.8. The first-order chi connectivity index (χ1) is 9.88. The van der Waals surface area contributed by atoms with Crippen molar-refractivity contribution < 1.29 is 8.42 Å². The number of rotatable bonds is 6. The van der Waals surface area contributed by atoms with Gasteiger partial charge in [0.2, 0.25) is 0 Å². The molecule has 0 unspecified atom stereocenters. The first kappa shape index (κ1) is 16.7. The normalized spacial score (nSPS) is 12.2. The van der Waals surface area contributed by atoms with Gasteiger partial charge in [-0.15, -0.1) is 11.3 Å². The van der Waals surface area contributed by atoms with Crippen molar-refractivity contribution in [1.29, 1.82) is 0 Å². The highest BCUT2D eigenvalue weighted by atomic mass is 79.9. The Labute approximate surface area is 137 Å². The molecule has 21 heavy (non-hydrogen) atoms. The van der Waals surface area contributed by atoms with E-state index < -0.39 is 10.0 Å². The van der Waals surface area contributed by atoms with E-state index in [9.17, 15) is 8.42 Å². The van der Waals surface area contributed by atoms with Crippen LogP contribution in [0.3, 0.4) is 0 Å². The van der Waals surface area contributed by atoms with Gasteiger partial charge in [0, 0.05) is 31.4 Å². The Hall–Kier alpha value is -0.700. The van der Waals surface area contributed by atoms with Crippen LogP contribution in [0.1, 0.15) is 25.1 Å². The maximum absolute atomic E-state index is 12.7. The lowest BCUT2D eigenvalue weighted by atomic mass is 10.2. The van der Waals surface area contributed by atoms with Crippen LogP contribution in [0.5, 0.6) is 0 Å². The SMILES string of the molecule is CCN(Cc1cn(CC)nc1C)S(=O)(=O)c1ccc(Br)s1. The topological polar surface area (TPSA) is 55.2 Å². The van der Waals surface area contributed by atoms with Crippen LogP contribution >= 0.6 is 27.3 Å². The van der Waals surface area contributed by atoms with Crippen LogP contribution in [0.25, 0.3) is 0 Å². The number of aromatic nitrogens is 2. The predicted octanol–water partition coefficient (Wildman–Crippen LogP) is 3.25. The third kappa shape index (κ3) is 3.56. The molecule has 0 aliphatic heterocycles. The zero-order valence-corrected chi connectivity index (χ0v) is 15.4. The van der Waals surface area contributed by atoms with Crippen molar-refractivity contribution in [2.24, 2.45) is 0 Å². The molecule has 116 valence electrons. The molecule has 8 heteroatoms. The standard InChI is InChI=1S/C13H18BrN3O2S2/c1-4-16-8-11(10(3)15-16)9-17(5-2)21(18,19)13-7-6-12(14)20-13/h6-8H,4-5,9H2,1-3H3. The first-order valence-corrected chi connectivity index (χ1v) is 9.71. The van der Waals surface area contributed by atoms with Gasteiger partial charge in [0.05, 0.1) is 9.48 Å². The molecular formula is C13H18BrN3O2S2. The number of aryl methyl sites for hydroxylation is 2. The number of halogens is 1. The zero-order valence-electron chi connectivity index (χ0n) is 12.2. The Kier molecular flexibility index (Phi) is 5.24. The van der Waals surface area contributed by atoms with Crippen molar-refractivity contribution in [3.05, 3.63) is 33.4 Å². The Bertz CT molecular complexity index is 722. The van der Waals surface area contributed by atoms with E-state index >= 15 is 0 Å². The highest BCUT2D eigenvalue weighted by molar-refractivity contribution is 9.11. The van der Waals surface area contributed by atoms with Gasteiger partial charge >= 0.3 is 0 Å². The average molecular weight is 392 g/mol. The van der Waals surface area contributed by atoms with Gasteiger partial charge in [-0.05, 0) is 41.9 Å². The third-order valence-electron chi connectivity index (χ3n) is 3.21. The predicted molar refractivity (Wildman–Crippen MR) is 87.9 cm³/mol. The molecule has 0 spiro atoms. The van der Waals surface area contributed by atoms with Gasteiger partial charge in [-0.2, -0.15) is 9.40 Å². The van der Waals surface area contributed by atoms with Crippen LogP contribution in [0.15, 0.2) is 26.3 Å². The highest BCUT2D eigenvalue weighted by Gasteiger charge is 2.25. The Morgan fingerprint density at radius 1 is 1.38 bits per heavy atom. The van der Waals surface area contributed by atoms with Crippen LogP contribution in [-0.2, 0) is 23.1 Å². The molecule has 0 radical (unpaired) electrons. The summed E-state index contributed by atoms with van der Waals surface area (Å²) in [6, 6.07) is 3.39. The lowest BCUT2D eigenvalue weighted by molar-refractivity contribution is 0.424. The fourth-order valence-electron chi connectivity index (χ4n) is 2.00. The van der Waals surface area contributed by atoms with E-state index in [1.54, 1.807) is 12.1 Å². The van der Waals surface area contributed by atoms with Crippen LogP contribution in [0, 0.1) is 6.92 Å². The summed E-state index contributed by atoms with van der Waals surface area (Å²) in [5, 5.41) is 4.37. The minimum Gasteiger partial charge on any atom is -0.272 e. The monoisotopic (exact) mass is 391 g/mol. The molecule has 0 saturated carbocycles. The number of thiophene rings is 1. The van der Waals surface area contributed by atoms with E-state index in [1.165, 1.54) is 15.6 Å². The molecule has 0 aliphatic rings. The smallest absolute Gasteiger partial charge is 0.252 e. The molecule has 2 heterocycles. The van der Waals surface area contributed by atoms with Crippen LogP contribution in [0.2, 0.25) is 0 Å². The summed E-state index contributed by atoms with van der Waals surface area (Å²) in [6.45, 7) is 7.31. The summed E-state index contributed by atoms with van der Waals surface area (Å²) in [5.74, 6) is 0. The van der Waals surface area contributed by atoms with Crippen molar-refractivity contribution in [3.8, 4) is 0 Å². The average Bonchev–Trinajstić information content (AvgIpc) is 3.02. The van der Waals surface area contributed by atoms with Gasteiger partial charge < -0.3 is 0 Å². The molecule has 2 rings (SSSR count). The summed E-state index contributed by atoms with van der Waals surface area (Å²) in [5.41, 5.74) is 1.82. The third-order valence-corrected chi connectivity index (χ3v) is 7.23. The van der Waals surface area contributed by atoms with E-state index in [0.717, 1.165) is 21.6 Å². The van der Waals surface area contributed by atoms with E-state index in [1.807, 2.05) is 31.6 Å². The van der Waals surface area contributed by atoms with Gasteiger partial charge in [-0.3, -0.25) is 4.68 Å². The molecule has 5 nitrogen and oxygen atoms in total. The van der Waals surface area contributed by atoms with Gasteiger partial charge in [-0.1, -0.05) is 6.92 Å². The Morgan fingerprint density at radius 3 is 2.57 bits per heavy atom. The maximum Gasteiger partial charge on any atom is 0.252 e. The second kappa shape index (κ2) is 6.60. The molecule has 0 fully saturated rings. The van der Waals surface area contributed by atoms with E-state index in [-0.39, 0.29) is 0 Å². The Balaban J connectivity index is 2.29. The van der Waals surface area contributed by atoms with Gasteiger partial charge in [0.1, 0.15) is 4.21 Å².